The standard InChI is InChI=1S/C15H22FNO2/c1-4-12(2)17(8-9-19-3)11-15(18)13-6-5-7-14(16)10-13/h5-7,10,12H,4,8-9,11H2,1-3H3. The number of Topliss-reactive ketones (excluding diaryl/α,β-unsaturated/α-hetero) is 1. The average Bonchev–Trinajstić information content (AvgIpc) is 2.42. The van der Waals surface area contributed by atoms with Gasteiger partial charge in [0.25, 0.3) is 0 Å². The molecule has 0 aliphatic carbocycles. The Labute approximate surface area is 114 Å². The van der Waals surface area contributed by atoms with Gasteiger partial charge >= 0.3 is 0 Å². The molecule has 1 unspecified atom stereocenters. The predicted octanol–water partition coefficient (Wildman–Crippen LogP) is 2.76. The molecule has 0 heterocycles. The molecule has 0 fully saturated rings. The van der Waals surface area contributed by atoms with Crippen molar-refractivity contribution in [2.24, 2.45) is 0 Å². The van der Waals surface area contributed by atoms with Gasteiger partial charge in [-0.05, 0) is 25.5 Å². The third-order valence-corrected chi connectivity index (χ3v) is 3.29. The van der Waals surface area contributed by atoms with Gasteiger partial charge in [0, 0.05) is 25.3 Å². The number of ketones is 1. The second kappa shape index (κ2) is 8.02. The smallest absolute Gasteiger partial charge is 0.176 e. The van der Waals surface area contributed by atoms with Gasteiger partial charge in [0.2, 0.25) is 0 Å². The SMILES string of the molecule is CCC(C)N(CCOC)CC(=O)c1cccc(F)c1. The van der Waals surface area contributed by atoms with Crippen LogP contribution in [0.3, 0.4) is 0 Å². The van der Waals surface area contributed by atoms with E-state index in [-0.39, 0.29) is 11.6 Å². The van der Waals surface area contributed by atoms with Gasteiger partial charge in [-0.15, -0.1) is 0 Å². The van der Waals surface area contributed by atoms with Crippen molar-refractivity contribution in [3.05, 3.63) is 35.6 Å². The van der Waals surface area contributed by atoms with E-state index in [9.17, 15) is 9.18 Å². The summed E-state index contributed by atoms with van der Waals surface area (Å²) in [6.07, 6.45) is 0.958. The summed E-state index contributed by atoms with van der Waals surface area (Å²) in [6.45, 7) is 5.74. The fourth-order valence-corrected chi connectivity index (χ4v) is 1.86. The van der Waals surface area contributed by atoms with Crippen molar-refractivity contribution >= 4 is 5.78 Å². The maximum Gasteiger partial charge on any atom is 0.176 e. The zero-order chi connectivity index (χ0) is 14.3. The molecule has 0 saturated heterocycles. The highest BCUT2D eigenvalue weighted by molar-refractivity contribution is 5.97. The molecule has 0 amide bonds. The number of benzene rings is 1. The molecule has 0 bridgehead atoms. The first-order valence-electron chi connectivity index (χ1n) is 6.60. The number of ether oxygens (including phenoxy) is 1. The second-order valence-electron chi connectivity index (χ2n) is 4.65. The van der Waals surface area contributed by atoms with Crippen molar-refractivity contribution in [3.8, 4) is 0 Å². The lowest BCUT2D eigenvalue weighted by atomic mass is 10.1. The van der Waals surface area contributed by atoms with Crippen molar-refractivity contribution in [1.29, 1.82) is 0 Å². The molecule has 1 atom stereocenters. The molecule has 3 nitrogen and oxygen atoms in total. The van der Waals surface area contributed by atoms with Crippen molar-refractivity contribution in [2.75, 3.05) is 26.8 Å². The lowest BCUT2D eigenvalue weighted by molar-refractivity contribution is 0.0834. The molecular weight excluding hydrogens is 245 g/mol. The summed E-state index contributed by atoms with van der Waals surface area (Å²) in [7, 11) is 1.64. The fraction of sp³-hybridized carbons (Fsp3) is 0.533. The van der Waals surface area contributed by atoms with Gasteiger partial charge in [-0.1, -0.05) is 19.1 Å². The van der Waals surface area contributed by atoms with Crippen LogP contribution in [-0.4, -0.2) is 43.5 Å². The van der Waals surface area contributed by atoms with Crippen molar-refractivity contribution in [1.82, 2.24) is 4.90 Å². The van der Waals surface area contributed by atoms with Crippen LogP contribution >= 0.6 is 0 Å². The van der Waals surface area contributed by atoms with Gasteiger partial charge in [-0.25, -0.2) is 4.39 Å². The monoisotopic (exact) mass is 267 g/mol. The largest absolute Gasteiger partial charge is 0.383 e. The fourth-order valence-electron chi connectivity index (χ4n) is 1.86. The Balaban J connectivity index is 2.69. The topological polar surface area (TPSA) is 29.5 Å². The molecular formula is C15H22FNO2. The molecule has 1 aromatic carbocycles. The molecule has 0 radical (unpaired) electrons. The molecule has 106 valence electrons. The molecule has 1 rings (SSSR count). The van der Waals surface area contributed by atoms with Crippen LogP contribution in [0.5, 0.6) is 0 Å². The van der Waals surface area contributed by atoms with E-state index in [0.29, 0.717) is 31.3 Å². The van der Waals surface area contributed by atoms with Gasteiger partial charge in [0.05, 0.1) is 13.2 Å². The zero-order valence-corrected chi connectivity index (χ0v) is 11.9. The van der Waals surface area contributed by atoms with Crippen LogP contribution in [0.25, 0.3) is 0 Å². The molecule has 0 spiro atoms. The van der Waals surface area contributed by atoms with E-state index >= 15 is 0 Å². The van der Waals surface area contributed by atoms with Crippen LogP contribution in [0, 0.1) is 5.82 Å². The van der Waals surface area contributed by atoms with Crippen LogP contribution in [0.15, 0.2) is 24.3 Å². The first kappa shape index (κ1) is 15.8. The summed E-state index contributed by atoms with van der Waals surface area (Å²) in [5.41, 5.74) is 0.422. The maximum absolute atomic E-state index is 13.1. The van der Waals surface area contributed by atoms with Crippen molar-refractivity contribution in [3.63, 3.8) is 0 Å². The second-order valence-corrected chi connectivity index (χ2v) is 4.65. The Morgan fingerprint density at radius 1 is 1.47 bits per heavy atom. The number of nitrogens with zero attached hydrogens (tertiary/aromatic N) is 1. The number of hydrogen-bond acceptors (Lipinski definition) is 3. The van der Waals surface area contributed by atoms with Gasteiger partial charge in [-0.3, -0.25) is 9.69 Å². The quantitative estimate of drug-likeness (QED) is 0.678. The molecule has 4 heteroatoms. The van der Waals surface area contributed by atoms with Crippen molar-refractivity contribution in [2.45, 2.75) is 26.3 Å². The highest BCUT2D eigenvalue weighted by Crippen LogP contribution is 2.09. The summed E-state index contributed by atoms with van der Waals surface area (Å²) < 4.78 is 18.2. The highest BCUT2D eigenvalue weighted by Gasteiger charge is 2.17. The molecule has 1 aromatic rings. The summed E-state index contributed by atoms with van der Waals surface area (Å²) in [6, 6.07) is 6.14. The Morgan fingerprint density at radius 2 is 2.21 bits per heavy atom. The Bertz CT molecular complexity index is 409. The maximum atomic E-state index is 13.1. The number of carbonyl (C=O) groups excluding carboxylic acids is 1. The van der Waals surface area contributed by atoms with E-state index in [1.807, 2.05) is 0 Å². The predicted molar refractivity (Wildman–Crippen MR) is 73.9 cm³/mol. The first-order chi connectivity index (χ1) is 9.08. The van der Waals surface area contributed by atoms with Gasteiger partial charge in [0.15, 0.2) is 5.78 Å². The molecule has 0 aliphatic rings. The van der Waals surface area contributed by atoms with Crippen LogP contribution in [0.4, 0.5) is 4.39 Å². The minimum absolute atomic E-state index is 0.0593. The summed E-state index contributed by atoms with van der Waals surface area (Å²) in [4.78, 5) is 14.2. The van der Waals surface area contributed by atoms with Crippen LogP contribution < -0.4 is 0 Å². The Morgan fingerprint density at radius 3 is 2.79 bits per heavy atom. The van der Waals surface area contributed by atoms with Gasteiger partial charge < -0.3 is 4.74 Å². The van der Waals surface area contributed by atoms with Crippen LogP contribution in [0.1, 0.15) is 30.6 Å². The minimum atomic E-state index is -0.377. The summed E-state index contributed by atoms with van der Waals surface area (Å²) >= 11 is 0. The Kier molecular flexibility index (Phi) is 6.67. The molecule has 0 N–H and O–H groups in total. The third kappa shape index (κ3) is 5.09. The Hall–Kier alpha value is -1.26. The van der Waals surface area contributed by atoms with Crippen LogP contribution in [-0.2, 0) is 4.74 Å². The average molecular weight is 267 g/mol. The van der Waals surface area contributed by atoms with E-state index in [2.05, 4.69) is 18.7 Å². The van der Waals surface area contributed by atoms with Gasteiger partial charge in [0.1, 0.15) is 5.82 Å². The number of methoxy groups -OCH3 is 1. The van der Waals surface area contributed by atoms with E-state index in [1.54, 1.807) is 19.2 Å². The normalized spacial score (nSPS) is 12.7. The number of carbonyl (C=O) groups is 1. The minimum Gasteiger partial charge on any atom is -0.383 e. The highest BCUT2D eigenvalue weighted by atomic mass is 19.1. The third-order valence-electron chi connectivity index (χ3n) is 3.29. The lowest BCUT2D eigenvalue weighted by Crippen LogP contribution is -2.39. The van der Waals surface area contributed by atoms with E-state index in [1.165, 1.54) is 12.1 Å². The molecule has 0 aromatic heterocycles. The number of halogens is 1. The molecule has 0 saturated carbocycles. The lowest BCUT2D eigenvalue weighted by Gasteiger charge is -2.27. The number of hydrogen-bond donors (Lipinski definition) is 0. The zero-order valence-electron chi connectivity index (χ0n) is 11.9. The summed E-state index contributed by atoms with van der Waals surface area (Å²) in [5.74, 6) is -0.436. The molecule has 0 aliphatic heterocycles. The van der Waals surface area contributed by atoms with E-state index < -0.39 is 0 Å². The summed E-state index contributed by atoms with van der Waals surface area (Å²) in [5, 5.41) is 0. The molecule has 19 heavy (non-hydrogen) atoms. The first-order valence-corrected chi connectivity index (χ1v) is 6.60. The van der Waals surface area contributed by atoms with Crippen LogP contribution in [0.2, 0.25) is 0 Å². The number of rotatable bonds is 8. The van der Waals surface area contributed by atoms with Crippen molar-refractivity contribution < 1.29 is 13.9 Å². The van der Waals surface area contributed by atoms with Gasteiger partial charge in [-0.2, -0.15) is 0 Å². The van der Waals surface area contributed by atoms with E-state index in [0.717, 1.165) is 6.42 Å². The van der Waals surface area contributed by atoms with E-state index in [4.69, 9.17) is 4.74 Å².